The molecule has 1 saturated carbocycles. The summed E-state index contributed by atoms with van der Waals surface area (Å²) >= 11 is 0. The molecule has 1 amide bonds. The Hall–Kier alpha value is -2.44. The maximum absolute atomic E-state index is 12.8. The average molecular weight is 318 g/mol. The van der Waals surface area contributed by atoms with Gasteiger partial charge in [0.1, 0.15) is 5.82 Å². The molecule has 2 aliphatic rings. The highest BCUT2D eigenvalue weighted by molar-refractivity contribution is 5.80. The van der Waals surface area contributed by atoms with Crippen molar-refractivity contribution in [2.75, 3.05) is 25.0 Å². The molecular weight excluding hydrogens is 299 g/mol. The smallest absolute Gasteiger partial charge is 0.316 e. The Morgan fingerprint density at radius 3 is 2.39 bits per heavy atom. The molecule has 4 rings (SSSR count). The largest absolute Gasteiger partial charge is 0.403 e. The number of hydrogen-bond acceptors (Lipinski definition) is 5. The van der Waals surface area contributed by atoms with Crippen molar-refractivity contribution in [3.8, 4) is 11.5 Å². The quantitative estimate of drug-likeness (QED) is 0.938. The van der Waals surface area contributed by atoms with E-state index in [1.54, 1.807) is 17.0 Å². The highest BCUT2D eigenvalue weighted by Crippen LogP contribution is 2.20. The number of likely N-dealkylation sites (tertiary alicyclic amines) is 1. The van der Waals surface area contributed by atoms with Crippen LogP contribution in [0.15, 0.2) is 28.7 Å². The Morgan fingerprint density at radius 1 is 1.13 bits per heavy atom. The first-order chi connectivity index (χ1) is 11.2. The minimum atomic E-state index is -0.327. The van der Waals surface area contributed by atoms with Gasteiger partial charge < -0.3 is 14.6 Å². The van der Waals surface area contributed by atoms with E-state index in [1.165, 1.54) is 31.4 Å². The Morgan fingerprint density at radius 2 is 1.83 bits per heavy atom. The van der Waals surface area contributed by atoms with Crippen molar-refractivity contribution >= 4 is 11.9 Å². The summed E-state index contributed by atoms with van der Waals surface area (Å²) in [6.45, 7) is 1.75. The second kappa shape index (κ2) is 7.21. The average Bonchev–Trinajstić information content (AvgIpc) is 3.30. The molecule has 1 aromatic heterocycles. The summed E-state index contributed by atoms with van der Waals surface area (Å²) in [5.41, 5.74) is 0.626. The number of rotatable bonds is 4. The molecule has 1 aliphatic carbocycles. The Bertz CT molecular complexity index is 648. The van der Waals surface area contributed by atoms with Gasteiger partial charge in [0.05, 0.1) is 6.54 Å². The molecule has 6 nitrogen and oxygen atoms in total. The summed E-state index contributed by atoms with van der Waals surface area (Å²) < 4.78 is 18.2. The molecule has 2 aromatic rings. The van der Waals surface area contributed by atoms with Gasteiger partial charge in [0.25, 0.3) is 0 Å². The minimum Gasteiger partial charge on any atom is -0.403 e. The number of benzene rings is 1. The van der Waals surface area contributed by atoms with Gasteiger partial charge in [-0.2, -0.15) is 0 Å². The maximum Gasteiger partial charge on any atom is 0.316 e. The van der Waals surface area contributed by atoms with Crippen LogP contribution in [-0.4, -0.2) is 40.6 Å². The molecule has 1 N–H and O–H groups in total. The van der Waals surface area contributed by atoms with E-state index in [0.29, 0.717) is 5.56 Å². The van der Waals surface area contributed by atoms with Crippen LogP contribution in [0.2, 0.25) is 0 Å². The van der Waals surface area contributed by atoms with Crippen LogP contribution < -0.4 is 5.32 Å². The Labute approximate surface area is 133 Å². The van der Waals surface area contributed by atoms with Crippen LogP contribution in [0.4, 0.5) is 10.4 Å². The Balaban J connectivity index is 0.000000468. The van der Waals surface area contributed by atoms with Crippen LogP contribution in [0, 0.1) is 5.82 Å². The third-order valence-corrected chi connectivity index (χ3v) is 3.47. The third-order valence-electron chi connectivity index (χ3n) is 3.47. The van der Waals surface area contributed by atoms with Crippen molar-refractivity contribution in [1.82, 2.24) is 15.1 Å². The molecule has 0 radical (unpaired) electrons. The lowest BCUT2D eigenvalue weighted by atomic mass is 10.2. The zero-order valence-electron chi connectivity index (χ0n) is 12.8. The van der Waals surface area contributed by atoms with E-state index in [9.17, 15) is 9.18 Å². The molecule has 0 bridgehead atoms. The summed E-state index contributed by atoms with van der Waals surface area (Å²) in [7, 11) is 0. The predicted molar refractivity (Wildman–Crippen MR) is 83.2 cm³/mol. The van der Waals surface area contributed by atoms with Crippen LogP contribution >= 0.6 is 0 Å². The Kier molecular flexibility index (Phi) is 4.85. The number of carbonyl (C=O) groups is 1. The van der Waals surface area contributed by atoms with Gasteiger partial charge in [-0.15, -0.1) is 5.10 Å². The second-order valence-corrected chi connectivity index (χ2v) is 5.57. The number of nitrogens with zero attached hydrogens (tertiary/aromatic N) is 3. The molecule has 2 fully saturated rings. The minimum absolute atomic E-state index is 0.0118. The van der Waals surface area contributed by atoms with Gasteiger partial charge in [-0.05, 0) is 30.7 Å². The predicted octanol–water partition coefficient (Wildman–Crippen LogP) is 2.69. The van der Waals surface area contributed by atoms with Gasteiger partial charge in [-0.3, -0.25) is 4.79 Å². The molecule has 2 heterocycles. The van der Waals surface area contributed by atoms with Gasteiger partial charge >= 0.3 is 6.01 Å². The van der Waals surface area contributed by atoms with Crippen molar-refractivity contribution in [3.63, 3.8) is 0 Å². The van der Waals surface area contributed by atoms with Crippen LogP contribution in [0.25, 0.3) is 11.5 Å². The molecule has 7 heteroatoms. The van der Waals surface area contributed by atoms with Gasteiger partial charge in [-0.1, -0.05) is 24.4 Å². The fourth-order valence-corrected chi connectivity index (χ4v) is 1.83. The van der Waals surface area contributed by atoms with E-state index in [-0.39, 0.29) is 30.2 Å². The van der Waals surface area contributed by atoms with Gasteiger partial charge in [0, 0.05) is 18.7 Å². The van der Waals surface area contributed by atoms with Crippen LogP contribution in [-0.2, 0) is 4.79 Å². The van der Waals surface area contributed by atoms with E-state index in [2.05, 4.69) is 15.5 Å². The fraction of sp³-hybridized carbons (Fsp3) is 0.438. The zero-order valence-corrected chi connectivity index (χ0v) is 12.8. The van der Waals surface area contributed by atoms with Crippen molar-refractivity contribution in [2.24, 2.45) is 0 Å². The van der Waals surface area contributed by atoms with E-state index in [0.717, 1.165) is 19.5 Å². The number of aromatic nitrogens is 2. The van der Waals surface area contributed by atoms with Crippen molar-refractivity contribution in [3.05, 3.63) is 30.1 Å². The molecule has 0 atom stereocenters. The van der Waals surface area contributed by atoms with Crippen molar-refractivity contribution in [1.29, 1.82) is 0 Å². The normalized spacial score (nSPS) is 15.3. The van der Waals surface area contributed by atoms with Crippen LogP contribution in [0.1, 0.15) is 25.7 Å². The van der Waals surface area contributed by atoms with Crippen molar-refractivity contribution in [2.45, 2.75) is 25.7 Å². The van der Waals surface area contributed by atoms with Crippen LogP contribution in [0.5, 0.6) is 0 Å². The fourth-order valence-electron chi connectivity index (χ4n) is 1.83. The number of halogens is 1. The summed E-state index contributed by atoms with van der Waals surface area (Å²) in [4.78, 5) is 13.4. The summed E-state index contributed by atoms with van der Waals surface area (Å²) in [5, 5.41) is 10.4. The molecule has 0 spiro atoms. The molecule has 1 aromatic carbocycles. The molecule has 122 valence electrons. The standard InChI is InChI=1S/C13H13FN4O2.C3H6/c14-10-4-2-9(3-5-10)12-16-17-13(20-12)15-8-11(19)18-6-1-7-18;1-2-3-1/h2-5H,1,6-8H2,(H,15,17);1-3H2. The number of amides is 1. The highest BCUT2D eigenvalue weighted by atomic mass is 19.1. The lowest BCUT2D eigenvalue weighted by Crippen LogP contribution is -2.44. The molecule has 1 saturated heterocycles. The number of anilines is 1. The highest BCUT2D eigenvalue weighted by Gasteiger charge is 2.20. The van der Waals surface area contributed by atoms with Crippen LogP contribution in [0.3, 0.4) is 0 Å². The lowest BCUT2D eigenvalue weighted by molar-refractivity contribution is -0.132. The molecule has 0 unspecified atom stereocenters. The molecule has 23 heavy (non-hydrogen) atoms. The van der Waals surface area contributed by atoms with Gasteiger partial charge in [0.2, 0.25) is 11.8 Å². The summed E-state index contributed by atoms with van der Waals surface area (Å²) in [5.74, 6) is -0.0339. The third kappa shape index (κ3) is 4.51. The monoisotopic (exact) mass is 318 g/mol. The molecule has 1 aliphatic heterocycles. The first kappa shape index (κ1) is 15.5. The first-order valence-electron chi connectivity index (χ1n) is 7.83. The number of carbonyl (C=O) groups excluding carboxylic acids is 1. The van der Waals surface area contributed by atoms with E-state index < -0.39 is 0 Å². The van der Waals surface area contributed by atoms with Crippen molar-refractivity contribution < 1.29 is 13.6 Å². The second-order valence-electron chi connectivity index (χ2n) is 5.57. The topological polar surface area (TPSA) is 71.3 Å². The van der Waals surface area contributed by atoms with E-state index in [4.69, 9.17) is 4.42 Å². The van der Waals surface area contributed by atoms with E-state index >= 15 is 0 Å². The molecular formula is C16H19FN4O2. The first-order valence-corrected chi connectivity index (χ1v) is 7.83. The number of nitrogens with one attached hydrogen (secondary N) is 1. The number of hydrogen-bond donors (Lipinski definition) is 1. The maximum atomic E-state index is 12.8. The van der Waals surface area contributed by atoms with E-state index in [1.807, 2.05) is 0 Å². The summed E-state index contributed by atoms with van der Waals surface area (Å²) in [6.07, 6.45) is 5.56. The zero-order chi connectivity index (χ0) is 16.1. The SMILES string of the molecule is C1CC1.O=C(CNc1nnc(-c2ccc(F)cc2)o1)N1CCC1. The summed E-state index contributed by atoms with van der Waals surface area (Å²) in [6, 6.07) is 5.92. The van der Waals surface area contributed by atoms with Gasteiger partial charge in [-0.25, -0.2) is 4.39 Å². The lowest BCUT2D eigenvalue weighted by Gasteiger charge is -2.30. The van der Waals surface area contributed by atoms with Gasteiger partial charge in [0.15, 0.2) is 0 Å².